The second-order valence-electron chi connectivity index (χ2n) is 9.49. The molecule has 0 unspecified atom stereocenters. The summed E-state index contributed by atoms with van der Waals surface area (Å²) < 4.78 is 22.2. The summed E-state index contributed by atoms with van der Waals surface area (Å²) >= 11 is 0. The van der Waals surface area contributed by atoms with Crippen molar-refractivity contribution >= 4 is 0 Å². The maximum absolute atomic E-state index is 10.1. The molecular weight excluding hydrogens is 486 g/mol. The zero-order valence-electron chi connectivity index (χ0n) is 20.6. The van der Waals surface area contributed by atoms with Crippen LogP contribution in [-0.4, -0.2) is 92.1 Å². The highest BCUT2D eigenvalue weighted by Crippen LogP contribution is 2.26. The predicted octanol–water partition coefficient (Wildman–Crippen LogP) is -0.611. The Bertz CT molecular complexity index is 910. The summed E-state index contributed by atoms with van der Waals surface area (Å²) in [6, 6.07) is 14.4. The maximum Gasteiger partial charge on any atom is 0.229 e. The van der Waals surface area contributed by atoms with Gasteiger partial charge in [-0.15, -0.1) is 0 Å². The number of hydrogen-bond acceptors (Lipinski definition) is 11. The third-order valence-electron chi connectivity index (χ3n) is 6.63. The van der Waals surface area contributed by atoms with Crippen molar-refractivity contribution in [3.05, 3.63) is 59.7 Å². The van der Waals surface area contributed by atoms with Crippen LogP contribution in [0.25, 0.3) is 0 Å². The minimum atomic E-state index is -1.37. The molecule has 2 aromatic rings. The summed E-state index contributed by atoms with van der Waals surface area (Å²) in [5.74, 6) is 0.922. The first-order chi connectivity index (χ1) is 17.6. The third kappa shape index (κ3) is 6.58. The molecule has 0 bridgehead atoms. The molecule has 2 aromatic carbocycles. The molecule has 204 valence electrons. The Hall–Kier alpha value is -2.32. The van der Waals surface area contributed by atoms with Gasteiger partial charge in [-0.3, -0.25) is 0 Å². The molecule has 2 aliphatic rings. The fraction of sp³-hybridized carbons (Fsp3) is 0.538. The molecule has 11 nitrogen and oxygen atoms in total. The van der Waals surface area contributed by atoms with Gasteiger partial charge in [-0.05, 0) is 49.2 Å². The first-order valence-corrected chi connectivity index (χ1v) is 12.2. The van der Waals surface area contributed by atoms with Gasteiger partial charge >= 0.3 is 0 Å². The Morgan fingerprint density at radius 1 is 0.568 bits per heavy atom. The second-order valence-corrected chi connectivity index (χ2v) is 9.49. The largest absolute Gasteiger partial charge is 0.462 e. The van der Waals surface area contributed by atoms with Gasteiger partial charge in [0.05, 0.1) is 12.2 Å². The number of benzene rings is 2. The molecule has 37 heavy (non-hydrogen) atoms. The molecule has 0 amide bonds. The smallest absolute Gasteiger partial charge is 0.229 e. The third-order valence-corrected chi connectivity index (χ3v) is 6.63. The lowest BCUT2D eigenvalue weighted by molar-refractivity contribution is -0.268. The van der Waals surface area contributed by atoms with Crippen molar-refractivity contribution in [1.82, 2.24) is 5.32 Å². The van der Waals surface area contributed by atoms with Crippen molar-refractivity contribution in [2.45, 2.75) is 88.3 Å². The monoisotopic (exact) mass is 521 g/mol. The quantitative estimate of drug-likeness (QED) is 0.236. The normalized spacial score (nSPS) is 36.2. The average Bonchev–Trinajstić information content (AvgIpc) is 2.90. The van der Waals surface area contributed by atoms with Crippen LogP contribution >= 0.6 is 0 Å². The van der Waals surface area contributed by atoms with E-state index in [9.17, 15) is 30.6 Å². The van der Waals surface area contributed by atoms with Crippen LogP contribution in [0.2, 0.25) is 0 Å². The van der Waals surface area contributed by atoms with Crippen LogP contribution in [0.5, 0.6) is 11.5 Å². The van der Waals surface area contributed by atoms with Crippen LogP contribution in [0, 0.1) is 0 Å². The number of aliphatic hydroxyl groups is 6. The van der Waals surface area contributed by atoms with E-state index in [1.165, 1.54) is 0 Å². The van der Waals surface area contributed by atoms with Crippen molar-refractivity contribution in [2.75, 3.05) is 0 Å². The van der Waals surface area contributed by atoms with Gasteiger partial charge in [0.2, 0.25) is 12.6 Å². The molecule has 0 saturated carbocycles. The van der Waals surface area contributed by atoms with Gasteiger partial charge in [-0.2, -0.15) is 0 Å². The molecule has 0 radical (unpaired) electrons. The zero-order valence-corrected chi connectivity index (χ0v) is 20.6. The summed E-state index contributed by atoms with van der Waals surface area (Å²) in [4.78, 5) is 0. The van der Waals surface area contributed by atoms with Crippen molar-refractivity contribution in [3.8, 4) is 11.5 Å². The van der Waals surface area contributed by atoms with Crippen LogP contribution < -0.4 is 14.8 Å². The highest BCUT2D eigenvalue weighted by Gasteiger charge is 2.44. The van der Waals surface area contributed by atoms with Crippen molar-refractivity contribution in [1.29, 1.82) is 0 Å². The van der Waals surface area contributed by atoms with Crippen LogP contribution in [0.1, 0.15) is 25.0 Å². The van der Waals surface area contributed by atoms with Crippen molar-refractivity contribution in [3.63, 3.8) is 0 Å². The molecule has 2 saturated heterocycles. The molecule has 2 heterocycles. The Labute approximate surface area is 214 Å². The fourth-order valence-corrected chi connectivity index (χ4v) is 4.21. The summed E-state index contributed by atoms with van der Waals surface area (Å²) in [5, 5.41) is 62.9. The zero-order chi connectivity index (χ0) is 26.7. The predicted molar refractivity (Wildman–Crippen MR) is 129 cm³/mol. The van der Waals surface area contributed by atoms with Gasteiger partial charge in [-0.1, -0.05) is 24.3 Å². The van der Waals surface area contributed by atoms with Crippen molar-refractivity contribution in [2.24, 2.45) is 0 Å². The Kier molecular flexibility index (Phi) is 9.01. The standard InChI is InChI=1S/C26H35NO10/c1-13-19(28)21(30)23(32)25(34-13)36-17-7-3-15(4-8-17)11-27-12-16-5-9-18(10-6-16)37-26-24(33)22(31)20(29)14(2)35-26/h3-10,13-14,19-33H,11-12H2,1-2H3/t13-,14-,19-,20-,21+,22+,23+,24+,25-,26-/m0/s1. The van der Waals surface area contributed by atoms with Gasteiger partial charge in [0.15, 0.2) is 0 Å². The van der Waals surface area contributed by atoms with Crippen LogP contribution in [0.3, 0.4) is 0 Å². The van der Waals surface area contributed by atoms with E-state index < -0.39 is 61.4 Å². The van der Waals surface area contributed by atoms with Gasteiger partial charge in [0, 0.05) is 13.1 Å². The van der Waals surface area contributed by atoms with E-state index in [2.05, 4.69) is 5.32 Å². The summed E-state index contributed by atoms with van der Waals surface area (Å²) in [6.07, 6.45) is -11.3. The lowest BCUT2D eigenvalue weighted by Crippen LogP contribution is -2.58. The van der Waals surface area contributed by atoms with Crippen LogP contribution in [0.4, 0.5) is 0 Å². The average molecular weight is 522 g/mol. The minimum Gasteiger partial charge on any atom is -0.462 e. The van der Waals surface area contributed by atoms with Crippen LogP contribution in [0.15, 0.2) is 48.5 Å². The highest BCUT2D eigenvalue weighted by molar-refractivity contribution is 5.29. The fourth-order valence-electron chi connectivity index (χ4n) is 4.21. The van der Waals surface area contributed by atoms with E-state index in [4.69, 9.17) is 18.9 Å². The van der Waals surface area contributed by atoms with Gasteiger partial charge in [0.25, 0.3) is 0 Å². The second kappa shape index (κ2) is 12.0. The molecule has 0 aliphatic carbocycles. The summed E-state index contributed by atoms with van der Waals surface area (Å²) in [5.41, 5.74) is 2.00. The van der Waals surface area contributed by atoms with Gasteiger partial charge in [-0.25, -0.2) is 0 Å². The van der Waals surface area contributed by atoms with E-state index in [1.807, 2.05) is 24.3 Å². The van der Waals surface area contributed by atoms with E-state index in [-0.39, 0.29) is 0 Å². The summed E-state index contributed by atoms with van der Waals surface area (Å²) in [7, 11) is 0. The maximum atomic E-state index is 10.1. The number of ether oxygens (including phenoxy) is 4. The molecular formula is C26H35NO10. The Morgan fingerprint density at radius 3 is 1.27 bits per heavy atom. The number of hydrogen-bond donors (Lipinski definition) is 7. The number of rotatable bonds is 8. The Morgan fingerprint density at radius 2 is 0.919 bits per heavy atom. The van der Waals surface area contributed by atoms with E-state index in [1.54, 1.807) is 38.1 Å². The molecule has 2 aliphatic heterocycles. The SMILES string of the molecule is C[C@@H]1O[C@@H](Oc2ccc(CNCc3ccc(O[C@@H]4O[C@@H](C)[C@H](O)[C@@H](O)[C@H]4O)cc3)cc2)[C@H](O)[C@H](O)[C@H]1O. The molecule has 7 N–H and O–H groups in total. The molecule has 10 atom stereocenters. The first kappa shape index (κ1) is 27.7. The minimum absolute atomic E-state index is 0.461. The molecule has 2 fully saturated rings. The number of aliphatic hydroxyl groups excluding tert-OH is 6. The highest BCUT2D eigenvalue weighted by atomic mass is 16.7. The molecule has 0 spiro atoms. The lowest BCUT2D eigenvalue weighted by Gasteiger charge is -2.38. The van der Waals surface area contributed by atoms with Gasteiger partial charge in [0.1, 0.15) is 48.1 Å². The first-order valence-electron chi connectivity index (χ1n) is 12.2. The molecule has 4 rings (SSSR count). The van der Waals surface area contributed by atoms with E-state index in [0.29, 0.717) is 24.6 Å². The molecule has 11 heteroatoms. The lowest BCUT2D eigenvalue weighted by atomic mass is 10.00. The summed E-state index contributed by atoms with van der Waals surface area (Å²) in [6.45, 7) is 4.37. The topological polar surface area (TPSA) is 170 Å². The van der Waals surface area contributed by atoms with Crippen molar-refractivity contribution < 1.29 is 49.6 Å². The molecule has 0 aromatic heterocycles. The van der Waals surface area contributed by atoms with E-state index in [0.717, 1.165) is 11.1 Å². The number of nitrogens with one attached hydrogen (secondary N) is 1. The van der Waals surface area contributed by atoms with Crippen LogP contribution in [-0.2, 0) is 22.6 Å². The Balaban J connectivity index is 1.22. The van der Waals surface area contributed by atoms with Gasteiger partial charge < -0.3 is 54.9 Å². The van der Waals surface area contributed by atoms with E-state index >= 15 is 0 Å².